The molecular formula is C34H54N6O4. The van der Waals surface area contributed by atoms with E-state index in [0.717, 1.165) is 30.5 Å². The van der Waals surface area contributed by atoms with E-state index >= 15 is 0 Å². The van der Waals surface area contributed by atoms with Crippen LogP contribution in [0.25, 0.3) is 11.0 Å². The molecule has 1 aliphatic carbocycles. The molecule has 1 aromatic carbocycles. The van der Waals surface area contributed by atoms with Crippen molar-refractivity contribution in [1.29, 1.82) is 0 Å². The molecule has 3 heterocycles. The number of imidazole rings is 1. The van der Waals surface area contributed by atoms with Gasteiger partial charge in [-0.25, -0.2) is 9.59 Å². The number of ether oxygens (including phenoxy) is 1. The number of piperidine rings is 2. The number of para-hydroxylation sites is 2. The molecule has 3 N–H and O–H groups in total. The van der Waals surface area contributed by atoms with Gasteiger partial charge in [-0.2, -0.15) is 0 Å². The van der Waals surface area contributed by atoms with Gasteiger partial charge < -0.3 is 25.6 Å². The molecular weight excluding hydrogens is 556 g/mol. The van der Waals surface area contributed by atoms with Crippen molar-refractivity contribution in [1.82, 2.24) is 24.3 Å². The van der Waals surface area contributed by atoms with Gasteiger partial charge in [0.25, 0.3) is 0 Å². The predicted octanol–water partition coefficient (Wildman–Crippen LogP) is 4.50. The smallest absolute Gasteiger partial charge is 0.410 e. The Kier molecular flexibility index (Phi) is 10.7. The van der Waals surface area contributed by atoms with E-state index in [2.05, 4.69) is 10.2 Å². The number of nitrogens with one attached hydrogen (secondary N) is 1. The van der Waals surface area contributed by atoms with Crippen LogP contribution >= 0.6 is 0 Å². The fraction of sp³-hybridized carbons (Fsp3) is 0.735. The van der Waals surface area contributed by atoms with E-state index < -0.39 is 5.60 Å². The Hall–Kier alpha value is -2.85. The maximum atomic E-state index is 14.2. The number of carbonyl (C=O) groups excluding carboxylic acids is 2. The third-order valence-corrected chi connectivity index (χ3v) is 9.78. The van der Waals surface area contributed by atoms with E-state index in [1.54, 1.807) is 9.47 Å². The Morgan fingerprint density at radius 3 is 2.25 bits per heavy atom. The SMILES string of the molecule is CC(C)(C)OC(=O)N1CCC(NC(=O)[C@H]2CN(CC3CCCCCCC3)CC[C@@H]2n2c(=O)n(CCN)c3ccccc32)CC1. The molecule has 0 bridgehead atoms. The number of carbonyl (C=O) groups is 2. The third kappa shape index (κ3) is 7.86. The quantitative estimate of drug-likeness (QED) is 0.477. The zero-order chi connectivity index (χ0) is 31.3. The van der Waals surface area contributed by atoms with E-state index in [1.807, 2.05) is 49.6 Å². The molecule has 10 heteroatoms. The molecule has 5 rings (SSSR count). The van der Waals surface area contributed by atoms with Gasteiger partial charge in [0.2, 0.25) is 5.91 Å². The molecule has 2 atom stereocenters. The summed E-state index contributed by atoms with van der Waals surface area (Å²) in [6, 6.07) is 7.62. The van der Waals surface area contributed by atoms with E-state index in [1.165, 1.54) is 44.9 Å². The number of hydrogen-bond acceptors (Lipinski definition) is 6. The Labute approximate surface area is 262 Å². The number of aromatic nitrogens is 2. The van der Waals surface area contributed by atoms with E-state index in [0.29, 0.717) is 51.5 Å². The molecule has 3 aliphatic rings. The van der Waals surface area contributed by atoms with Crippen molar-refractivity contribution in [2.45, 2.75) is 109 Å². The highest BCUT2D eigenvalue weighted by Gasteiger charge is 2.39. The molecule has 2 amide bonds. The normalized spacial score (nSPS) is 23.3. The Bertz CT molecular complexity index is 1310. The zero-order valence-corrected chi connectivity index (χ0v) is 27.1. The highest BCUT2D eigenvalue weighted by Crippen LogP contribution is 2.33. The molecule has 44 heavy (non-hydrogen) atoms. The molecule has 0 spiro atoms. The maximum absolute atomic E-state index is 14.2. The first-order valence-corrected chi connectivity index (χ1v) is 17.0. The molecule has 2 aliphatic heterocycles. The molecule has 1 saturated carbocycles. The van der Waals surface area contributed by atoms with Crippen molar-refractivity contribution >= 4 is 23.0 Å². The first kappa shape index (κ1) is 32.5. The standard InChI is InChI=1S/C34H54N6O4/c1-34(2,3)44-33(43)38-20-15-26(16-21-38)36-31(41)27-24-37(23-25-11-7-5-4-6-8-12-25)19-17-28(27)40-30-14-10-9-13-29(30)39(22-18-35)32(40)42/h9-10,13-14,25-28H,4-8,11-12,15-24,35H2,1-3H3,(H,36,41)/t27-,28-/m0/s1. The summed E-state index contributed by atoms with van der Waals surface area (Å²) in [6.07, 6.45) is 10.9. The Balaban J connectivity index is 1.34. The van der Waals surface area contributed by atoms with Gasteiger partial charge in [0.05, 0.1) is 23.0 Å². The summed E-state index contributed by atoms with van der Waals surface area (Å²) in [5.74, 6) is 0.327. The number of rotatable bonds is 7. The average Bonchev–Trinajstić information content (AvgIpc) is 3.25. The summed E-state index contributed by atoms with van der Waals surface area (Å²) in [4.78, 5) is 44.9. The first-order valence-electron chi connectivity index (χ1n) is 17.0. The minimum atomic E-state index is -0.536. The number of nitrogens with zero attached hydrogens (tertiary/aromatic N) is 4. The van der Waals surface area contributed by atoms with Crippen LogP contribution in [0, 0.1) is 11.8 Å². The second-order valence-electron chi connectivity index (χ2n) is 14.3. The highest BCUT2D eigenvalue weighted by molar-refractivity contribution is 5.81. The molecule has 10 nitrogen and oxygen atoms in total. The summed E-state index contributed by atoms with van der Waals surface area (Å²) >= 11 is 0. The lowest BCUT2D eigenvalue weighted by Gasteiger charge is -2.41. The van der Waals surface area contributed by atoms with Gasteiger partial charge in [0.1, 0.15) is 5.60 Å². The van der Waals surface area contributed by atoms with Crippen molar-refractivity contribution in [2.24, 2.45) is 17.6 Å². The molecule has 244 valence electrons. The number of likely N-dealkylation sites (tertiary alicyclic amines) is 2. The third-order valence-electron chi connectivity index (χ3n) is 9.78. The van der Waals surface area contributed by atoms with Gasteiger partial charge >= 0.3 is 11.8 Å². The van der Waals surface area contributed by atoms with E-state index in [-0.39, 0.29) is 35.7 Å². The topological polar surface area (TPSA) is 115 Å². The van der Waals surface area contributed by atoms with Crippen molar-refractivity contribution < 1.29 is 14.3 Å². The maximum Gasteiger partial charge on any atom is 0.410 e. The fourth-order valence-electron chi connectivity index (χ4n) is 7.57. The molecule has 2 aromatic rings. The van der Waals surface area contributed by atoms with Crippen LogP contribution in [0.4, 0.5) is 4.79 Å². The van der Waals surface area contributed by atoms with Crippen LogP contribution in [0.15, 0.2) is 29.1 Å². The van der Waals surface area contributed by atoms with Crippen LogP contribution in [-0.2, 0) is 16.1 Å². The van der Waals surface area contributed by atoms with Crippen molar-refractivity contribution in [3.05, 3.63) is 34.7 Å². The summed E-state index contributed by atoms with van der Waals surface area (Å²) < 4.78 is 9.20. The lowest BCUT2D eigenvalue weighted by Crippen LogP contribution is -2.54. The molecule has 3 fully saturated rings. The van der Waals surface area contributed by atoms with Crippen LogP contribution in [0.3, 0.4) is 0 Å². The minimum absolute atomic E-state index is 0.00985. The monoisotopic (exact) mass is 610 g/mol. The van der Waals surface area contributed by atoms with Gasteiger partial charge in [-0.3, -0.25) is 13.9 Å². The van der Waals surface area contributed by atoms with Gasteiger partial charge in [-0.05, 0) is 70.9 Å². The van der Waals surface area contributed by atoms with Crippen LogP contribution in [0.1, 0.15) is 91.0 Å². The van der Waals surface area contributed by atoms with Gasteiger partial charge in [0.15, 0.2) is 0 Å². The summed E-state index contributed by atoms with van der Waals surface area (Å²) in [7, 11) is 0. The van der Waals surface area contributed by atoms with Crippen LogP contribution < -0.4 is 16.7 Å². The van der Waals surface area contributed by atoms with Crippen molar-refractivity contribution in [3.63, 3.8) is 0 Å². The average molecular weight is 611 g/mol. The largest absolute Gasteiger partial charge is 0.444 e. The summed E-state index contributed by atoms with van der Waals surface area (Å²) in [5, 5.41) is 3.35. The van der Waals surface area contributed by atoms with Crippen LogP contribution in [0.5, 0.6) is 0 Å². The first-order chi connectivity index (χ1) is 21.1. The van der Waals surface area contributed by atoms with Gasteiger partial charge in [0, 0.05) is 51.9 Å². The summed E-state index contributed by atoms with van der Waals surface area (Å²) in [6.45, 7) is 10.1. The zero-order valence-electron chi connectivity index (χ0n) is 27.1. The lowest BCUT2D eigenvalue weighted by molar-refractivity contribution is -0.129. The molecule has 0 unspecified atom stereocenters. The molecule has 0 radical (unpaired) electrons. The van der Waals surface area contributed by atoms with Crippen LogP contribution in [-0.4, -0.2) is 81.8 Å². The summed E-state index contributed by atoms with van der Waals surface area (Å²) in [5.41, 5.74) is 7.02. The predicted molar refractivity (Wildman–Crippen MR) is 174 cm³/mol. The van der Waals surface area contributed by atoms with E-state index in [4.69, 9.17) is 10.5 Å². The minimum Gasteiger partial charge on any atom is -0.444 e. The van der Waals surface area contributed by atoms with E-state index in [9.17, 15) is 14.4 Å². The van der Waals surface area contributed by atoms with Crippen molar-refractivity contribution in [2.75, 3.05) is 39.3 Å². The number of fused-ring (bicyclic) bond motifs is 1. The second kappa shape index (κ2) is 14.5. The number of hydrogen-bond donors (Lipinski definition) is 2. The second-order valence-corrected chi connectivity index (χ2v) is 14.3. The Morgan fingerprint density at radius 1 is 0.932 bits per heavy atom. The number of nitrogens with two attached hydrogens (primary N) is 1. The lowest BCUT2D eigenvalue weighted by atomic mass is 9.87. The fourth-order valence-corrected chi connectivity index (χ4v) is 7.57. The Morgan fingerprint density at radius 2 is 1.59 bits per heavy atom. The number of benzene rings is 1. The molecule has 1 aromatic heterocycles. The highest BCUT2D eigenvalue weighted by atomic mass is 16.6. The van der Waals surface area contributed by atoms with Gasteiger partial charge in [-0.15, -0.1) is 0 Å². The number of amides is 2. The van der Waals surface area contributed by atoms with Crippen LogP contribution in [0.2, 0.25) is 0 Å². The van der Waals surface area contributed by atoms with Crippen molar-refractivity contribution in [3.8, 4) is 0 Å². The molecule has 2 saturated heterocycles. The van der Waals surface area contributed by atoms with Gasteiger partial charge in [-0.1, -0.05) is 44.2 Å².